The van der Waals surface area contributed by atoms with Crippen LogP contribution in [-0.4, -0.2) is 24.2 Å². The molecule has 0 saturated carbocycles. The van der Waals surface area contributed by atoms with Gasteiger partial charge in [0.1, 0.15) is 17.9 Å². The Hall–Kier alpha value is -2.01. The van der Waals surface area contributed by atoms with E-state index in [1.54, 1.807) is 18.2 Å². The summed E-state index contributed by atoms with van der Waals surface area (Å²) in [5.74, 6) is -0.600. The Balaban J connectivity index is 1.86. The van der Waals surface area contributed by atoms with Gasteiger partial charge in [0.25, 0.3) is 0 Å². The minimum absolute atomic E-state index is 0.176. The molecule has 104 valence electrons. The number of carbonyl (C=O) groups is 1. The molecule has 0 unspecified atom stereocenters. The molecule has 5 heteroatoms. The second-order valence-corrected chi connectivity index (χ2v) is 5.00. The summed E-state index contributed by atoms with van der Waals surface area (Å²) >= 11 is 3.40. The maximum Gasteiger partial charge on any atom is 0.339 e. The molecule has 0 spiro atoms. The highest BCUT2D eigenvalue weighted by atomic mass is 79.9. The van der Waals surface area contributed by atoms with Gasteiger partial charge in [0.15, 0.2) is 0 Å². The van der Waals surface area contributed by atoms with Crippen LogP contribution in [-0.2, 0) is 0 Å². The van der Waals surface area contributed by atoms with Gasteiger partial charge < -0.3 is 15.2 Å². The fraction of sp³-hybridized carbons (Fsp3) is 0.133. The number of carboxylic acid groups (broad SMARTS) is 1. The molecule has 0 atom stereocenters. The van der Waals surface area contributed by atoms with Crippen molar-refractivity contribution >= 4 is 27.6 Å². The molecule has 0 aliphatic carbocycles. The van der Waals surface area contributed by atoms with Crippen LogP contribution in [0.4, 0.5) is 5.69 Å². The van der Waals surface area contributed by atoms with Crippen molar-refractivity contribution in [3.05, 3.63) is 58.6 Å². The summed E-state index contributed by atoms with van der Waals surface area (Å²) < 4.78 is 6.50. The van der Waals surface area contributed by atoms with E-state index < -0.39 is 5.97 Å². The van der Waals surface area contributed by atoms with Gasteiger partial charge in [0.2, 0.25) is 0 Å². The lowest BCUT2D eigenvalue weighted by Crippen LogP contribution is -2.13. The average molecular weight is 336 g/mol. The zero-order valence-corrected chi connectivity index (χ0v) is 12.3. The zero-order chi connectivity index (χ0) is 14.4. The summed E-state index contributed by atoms with van der Waals surface area (Å²) in [6.07, 6.45) is 0. The SMILES string of the molecule is O=C(O)c1ccccc1OCCNc1cccc(Br)c1. The highest BCUT2D eigenvalue weighted by Crippen LogP contribution is 2.18. The van der Waals surface area contributed by atoms with Gasteiger partial charge in [-0.1, -0.05) is 34.1 Å². The van der Waals surface area contributed by atoms with E-state index in [9.17, 15) is 4.79 Å². The van der Waals surface area contributed by atoms with Crippen LogP contribution >= 0.6 is 15.9 Å². The van der Waals surface area contributed by atoms with E-state index in [2.05, 4.69) is 21.2 Å². The number of hydrogen-bond acceptors (Lipinski definition) is 3. The molecule has 0 bridgehead atoms. The van der Waals surface area contributed by atoms with Gasteiger partial charge in [-0.05, 0) is 30.3 Å². The molecule has 0 radical (unpaired) electrons. The fourth-order valence-corrected chi connectivity index (χ4v) is 2.12. The molecule has 0 amide bonds. The number of rotatable bonds is 6. The quantitative estimate of drug-likeness (QED) is 0.791. The van der Waals surface area contributed by atoms with Gasteiger partial charge in [0.05, 0.1) is 0 Å². The molecule has 2 aromatic carbocycles. The van der Waals surface area contributed by atoms with Crippen LogP contribution in [0.2, 0.25) is 0 Å². The van der Waals surface area contributed by atoms with Crippen molar-refractivity contribution in [3.63, 3.8) is 0 Å². The Bertz CT molecular complexity index is 601. The number of benzene rings is 2. The van der Waals surface area contributed by atoms with Crippen LogP contribution < -0.4 is 10.1 Å². The average Bonchev–Trinajstić information content (AvgIpc) is 2.44. The minimum atomic E-state index is -0.986. The van der Waals surface area contributed by atoms with Crippen molar-refractivity contribution in [1.82, 2.24) is 0 Å². The summed E-state index contributed by atoms with van der Waals surface area (Å²) in [6, 6.07) is 14.4. The Morgan fingerprint density at radius 1 is 1.20 bits per heavy atom. The number of nitrogens with one attached hydrogen (secondary N) is 1. The van der Waals surface area contributed by atoms with Crippen molar-refractivity contribution in [2.24, 2.45) is 0 Å². The molecule has 0 heterocycles. The predicted molar refractivity (Wildman–Crippen MR) is 81.5 cm³/mol. The van der Waals surface area contributed by atoms with E-state index in [0.29, 0.717) is 18.9 Å². The second-order valence-electron chi connectivity index (χ2n) is 4.09. The lowest BCUT2D eigenvalue weighted by atomic mass is 10.2. The molecule has 4 nitrogen and oxygen atoms in total. The van der Waals surface area contributed by atoms with Gasteiger partial charge in [-0.2, -0.15) is 0 Å². The largest absolute Gasteiger partial charge is 0.491 e. The number of para-hydroxylation sites is 1. The molecule has 2 aromatic rings. The van der Waals surface area contributed by atoms with Gasteiger partial charge in [-0.25, -0.2) is 4.79 Å². The first kappa shape index (κ1) is 14.4. The normalized spacial score (nSPS) is 10.1. The van der Waals surface area contributed by atoms with Gasteiger partial charge in [-0.15, -0.1) is 0 Å². The van der Waals surface area contributed by atoms with E-state index in [-0.39, 0.29) is 5.56 Å². The van der Waals surface area contributed by atoms with E-state index in [0.717, 1.165) is 10.2 Å². The van der Waals surface area contributed by atoms with Crippen LogP contribution in [0.3, 0.4) is 0 Å². The van der Waals surface area contributed by atoms with Crippen molar-refractivity contribution in [1.29, 1.82) is 0 Å². The van der Waals surface area contributed by atoms with Crippen LogP contribution in [0, 0.1) is 0 Å². The van der Waals surface area contributed by atoms with Gasteiger partial charge >= 0.3 is 5.97 Å². The number of anilines is 1. The van der Waals surface area contributed by atoms with Gasteiger partial charge in [-0.3, -0.25) is 0 Å². The number of hydrogen-bond donors (Lipinski definition) is 2. The molecule has 0 aromatic heterocycles. The van der Waals surface area contributed by atoms with E-state index in [4.69, 9.17) is 9.84 Å². The summed E-state index contributed by atoms with van der Waals surface area (Å²) in [5, 5.41) is 12.2. The van der Waals surface area contributed by atoms with Crippen molar-refractivity contribution in [3.8, 4) is 5.75 Å². The first-order valence-corrected chi connectivity index (χ1v) is 6.90. The molecule has 0 aliphatic rings. The van der Waals surface area contributed by atoms with Crippen LogP contribution in [0.15, 0.2) is 53.0 Å². The molecule has 0 saturated heterocycles. The second kappa shape index (κ2) is 6.96. The van der Waals surface area contributed by atoms with Crippen LogP contribution in [0.1, 0.15) is 10.4 Å². The molecule has 0 aliphatic heterocycles. The number of aromatic carboxylic acids is 1. The summed E-state index contributed by atoms with van der Waals surface area (Å²) in [4.78, 5) is 11.0. The molecular formula is C15H14BrNO3. The smallest absolute Gasteiger partial charge is 0.339 e. The third-order valence-electron chi connectivity index (χ3n) is 2.63. The molecule has 20 heavy (non-hydrogen) atoms. The number of carboxylic acids is 1. The van der Waals surface area contributed by atoms with Crippen molar-refractivity contribution < 1.29 is 14.6 Å². The van der Waals surface area contributed by atoms with Crippen LogP contribution in [0.25, 0.3) is 0 Å². The monoisotopic (exact) mass is 335 g/mol. The Morgan fingerprint density at radius 3 is 2.75 bits per heavy atom. The van der Waals surface area contributed by atoms with E-state index >= 15 is 0 Å². The summed E-state index contributed by atoms with van der Waals surface area (Å²) in [7, 11) is 0. The number of halogens is 1. The molecule has 2 rings (SSSR count). The zero-order valence-electron chi connectivity index (χ0n) is 10.7. The highest BCUT2D eigenvalue weighted by molar-refractivity contribution is 9.10. The lowest BCUT2D eigenvalue weighted by Gasteiger charge is -2.10. The maximum atomic E-state index is 11.0. The maximum absolute atomic E-state index is 11.0. The molecular weight excluding hydrogens is 322 g/mol. The van der Waals surface area contributed by atoms with Crippen molar-refractivity contribution in [2.45, 2.75) is 0 Å². The fourth-order valence-electron chi connectivity index (χ4n) is 1.72. The summed E-state index contributed by atoms with van der Waals surface area (Å²) in [5.41, 5.74) is 1.16. The van der Waals surface area contributed by atoms with Crippen molar-refractivity contribution in [2.75, 3.05) is 18.5 Å². The third kappa shape index (κ3) is 3.99. The molecule has 2 N–H and O–H groups in total. The highest BCUT2D eigenvalue weighted by Gasteiger charge is 2.09. The summed E-state index contributed by atoms with van der Waals surface area (Å²) in [6.45, 7) is 0.973. The van der Waals surface area contributed by atoms with E-state index in [1.807, 2.05) is 24.3 Å². The minimum Gasteiger partial charge on any atom is -0.491 e. The first-order valence-electron chi connectivity index (χ1n) is 6.11. The number of ether oxygens (including phenoxy) is 1. The van der Waals surface area contributed by atoms with Crippen LogP contribution in [0.5, 0.6) is 5.75 Å². The third-order valence-corrected chi connectivity index (χ3v) is 3.12. The Labute approximate surface area is 125 Å². The topological polar surface area (TPSA) is 58.6 Å². The first-order chi connectivity index (χ1) is 9.66. The van der Waals surface area contributed by atoms with Gasteiger partial charge in [0, 0.05) is 16.7 Å². The molecule has 0 fully saturated rings. The Kier molecular flexibility index (Phi) is 5.01. The Morgan fingerprint density at radius 2 is 2.00 bits per heavy atom. The van der Waals surface area contributed by atoms with E-state index in [1.165, 1.54) is 6.07 Å². The lowest BCUT2D eigenvalue weighted by molar-refractivity contribution is 0.0692. The predicted octanol–water partition coefficient (Wildman–Crippen LogP) is 3.64. The standard InChI is InChI=1S/C15H14BrNO3/c16-11-4-3-5-12(10-11)17-8-9-20-14-7-2-1-6-13(14)15(18)19/h1-7,10,17H,8-9H2,(H,18,19).